The molecular formula is C21H22NO4+. The van der Waals surface area contributed by atoms with Crippen molar-refractivity contribution >= 4 is 18.1 Å². The molecule has 26 heavy (non-hydrogen) atoms. The van der Waals surface area contributed by atoms with Gasteiger partial charge in [-0.3, -0.25) is 0 Å². The lowest BCUT2D eigenvalue weighted by molar-refractivity contribution is -0.671. The predicted octanol–water partition coefficient (Wildman–Crippen LogP) is 2.82. The summed E-state index contributed by atoms with van der Waals surface area (Å²) in [4.78, 5) is 11.1. The highest BCUT2D eigenvalue weighted by molar-refractivity contribution is 5.81. The molecule has 0 N–H and O–H groups in total. The van der Waals surface area contributed by atoms with Crippen molar-refractivity contribution in [3.8, 4) is 0 Å². The number of nitrogens with zero attached hydrogens (tertiary/aromatic N) is 1. The molecule has 2 aromatic rings. The first-order chi connectivity index (χ1) is 12.6. The number of ether oxygens (including phenoxy) is 3. The first-order valence-electron chi connectivity index (χ1n) is 8.43. The highest BCUT2D eigenvalue weighted by Crippen LogP contribution is 2.27. The number of hydrogen-bond donors (Lipinski definition) is 0. The number of carbonyl (C=O) groups excluding carboxylic acids is 1. The lowest BCUT2D eigenvalue weighted by Crippen LogP contribution is -2.25. The number of esters is 1. The van der Waals surface area contributed by atoms with Crippen molar-refractivity contribution in [2.24, 2.45) is 7.05 Å². The van der Waals surface area contributed by atoms with E-state index in [1.54, 1.807) is 0 Å². The quantitative estimate of drug-likeness (QED) is 0.456. The Kier molecular flexibility index (Phi) is 5.94. The molecule has 0 bridgehead atoms. The zero-order valence-electron chi connectivity index (χ0n) is 14.7. The number of hydrogen-bond acceptors (Lipinski definition) is 4. The largest absolute Gasteiger partial charge is 0.460 e. The van der Waals surface area contributed by atoms with E-state index in [1.165, 1.54) is 0 Å². The first kappa shape index (κ1) is 18.0. The minimum absolute atomic E-state index is 0.164. The molecule has 0 spiro atoms. The van der Waals surface area contributed by atoms with Crippen LogP contribution in [0.4, 0.5) is 0 Å². The molecule has 5 nitrogen and oxygen atoms in total. The van der Waals surface area contributed by atoms with Crippen LogP contribution in [0.15, 0.2) is 61.4 Å². The summed E-state index contributed by atoms with van der Waals surface area (Å²) < 4.78 is 18.4. The molecule has 0 radical (unpaired) electrons. The number of carbonyl (C=O) groups is 1. The van der Waals surface area contributed by atoms with Gasteiger partial charge in [0, 0.05) is 23.8 Å². The van der Waals surface area contributed by atoms with E-state index in [0.717, 1.165) is 22.8 Å². The van der Waals surface area contributed by atoms with Crippen molar-refractivity contribution in [3.63, 3.8) is 0 Å². The van der Waals surface area contributed by atoms with Crippen molar-refractivity contribution in [2.45, 2.75) is 12.4 Å². The number of benzene rings is 1. The van der Waals surface area contributed by atoms with Gasteiger partial charge in [-0.1, -0.05) is 43.0 Å². The third kappa shape index (κ3) is 4.88. The Morgan fingerprint density at radius 2 is 1.85 bits per heavy atom. The Morgan fingerprint density at radius 1 is 1.19 bits per heavy atom. The summed E-state index contributed by atoms with van der Waals surface area (Å²) in [5.74, 6) is -0.458. The normalized spacial score (nSPS) is 19.6. The van der Waals surface area contributed by atoms with Gasteiger partial charge < -0.3 is 14.2 Å². The van der Waals surface area contributed by atoms with Gasteiger partial charge in [0.05, 0.1) is 6.61 Å². The van der Waals surface area contributed by atoms with Crippen LogP contribution in [0.2, 0.25) is 0 Å². The summed E-state index contributed by atoms with van der Waals surface area (Å²) in [6.45, 7) is 3.92. The van der Waals surface area contributed by atoms with Gasteiger partial charge in [-0.15, -0.1) is 0 Å². The molecule has 1 aromatic carbocycles. The molecule has 0 saturated carbocycles. The van der Waals surface area contributed by atoms with E-state index in [9.17, 15) is 4.79 Å². The molecule has 1 aliphatic rings. The second kappa shape index (κ2) is 8.56. The summed E-state index contributed by atoms with van der Waals surface area (Å²) in [6, 6.07) is 12.1. The fourth-order valence-corrected chi connectivity index (χ4v) is 2.52. The summed E-state index contributed by atoms with van der Waals surface area (Å²) in [5, 5.41) is 0. The van der Waals surface area contributed by atoms with Crippen LogP contribution >= 0.6 is 0 Å². The molecule has 134 valence electrons. The van der Waals surface area contributed by atoms with Crippen molar-refractivity contribution in [3.05, 3.63) is 78.1 Å². The number of pyridine rings is 1. The highest BCUT2D eigenvalue weighted by atomic mass is 16.7. The van der Waals surface area contributed by atoms with Gasteiger partial charge >= 0.3 is 5.97 Å². The van der Waals surface area contributed by atoms with Gasteiger partial charge in [-0.05, 0) is 11.1 Å². The Labute approximate surface area is 153 Å². The fraction of sp³-hybridized carbons (Fsp3) is 0.238. The van der Waals surface area contributed by atoms with Crippen LogP contribution < -0.4 is 4.57 Å². The van der Waals surface area contributed by atoms with E-state index < -0.39 is 12.3 Å². The second-order valence-electron chi connectivity index (χ2n) is 6.05. The van der Waals surface area contributed by atoms with Crippen LogP contribution in [0.25, 0.3) is 12.2 Å². The monoisotopic (exact) mass is 352 g/mol. The third-order valence-corrected chi connectivity index (χ3v) is 4.01. The van der Waals surface area contributed by atoms with Crippen molar-refractivity contribution in [1.29, 1.82) is 0 Å². The number of aromatic nitrogens is 1. The molecule has 1 fully saturated rings. The summed E-state index contributed by atoms with van der Waals surface area (Å²) >= 11 is 0. The van der Waals surface area contributed by atoms with Gasteiger partial charge in [0.15, 0.2) is 18.7 Å². The third-order valence-electron chi connectivity index (χ3n) is 4.01. The lowest BCUT2D eigenvalue weighted by Gasteiger charge is -2.12. The molecule has 2 atom stereocenters. The molecule has 2 heterocycles. The summed E-state index contributed by atoms with van der Waals surface area (Å²) in [7, 11) is 1.99. The van der Waals surface area contributed by atoms with Gasteiger partial charge in [0.2, 0.25) is 0 Å². The maximum atomic E-state index is 11.1. The number of rotatable bonds is 6. The minimum Gasteiger partial charge on any atom is -0.460 e. The standard InChI is InChI=1S/C21H22NO4/c1-3-20(23)24-14-19-15-25-21(26-19)18-8-6-16(7-9-18)4-5-17-10-12-22(2)13-11-17/h3-13,19,21H,1,14-15H2,2H3/q+1. The van der Waals surface area contributed by atoms with E-state index in [1.807, 2.05) is 48.3 Å². The molecular weight excluding hydrogens is 330 g/mol. The predicted molar refractivity (Wildman–Crippen MR) is 97.7 cm³/mol. The van der Waals surface area contributed by atoms with E-state index >= 15 is 0 Å². The average molecular weight is 352 g/mol. The highest BCUT2D eigenvalue weighted by Gasteiger charge is 2.28. The Bertz CT molecular complexity index is 781. The molecule has 1 aliphatic heterocycles. The van der Waals surface area contributed by atoms with Crippen LogP contribution in [-0.4, -0.2) is 25.3 Å². The van der Waals surface area contributed by atoms with Gasteiger partial charge in [-0.25, -0.2) is 9.36 Å². The van der Waals surface area contributed by atoms with E-state index in [4.69, 9.17) is 14.2 Å². The van der Waals surface area contributed by atoms with E-state index in [0.29, 0.717) is 6.61 Å². The Morgan fingerprint density at radius 3 is 2.50 bits per heavy atom. The molecule has 0 aliphatic carbocycles. The molecule has 0 amide bonds. The zero-order valence-corrected chi connectivity index (χ0v) is 14.7. The molecule has 3 rings (SSSR count). The molecule has 1 aromatic heterocycles. The lowest BCUT2D eigenvalue weighted by atomic mass is 10.1. The Hall–Kier alpha value is -2.76. The maximum absolute atomic E-state index is 11.1. The molecule has 2 unspecified atom stereocenters. The summed E-state index contributed by atoms with van der Waals surface area (Å²) in [5.41, 5.74) is 3.18. The second-order valence-corrected chi connectivity index (χ2v) is 6.05. The van der Waals surface area contributed by atoms with Crippen molar-refractivity contribution < 1.29 is 23.6 Å². The SMILES string of the molecule is C=CC(=O)OCC1COC(c2ccc(C=Cc3cc[n+](C)cc3)cc2)O1. The maximum Gasteiger partial charge on any atom is 0.330 e. The molecule has 5 heteroatoms. The van der Waals surface area contributed by atoms with Crippen molar-refractivity contribution in [2.75, 3.05) is 13.2 Å². The minimum atomic E-state index is -0.458. The van der Waals surface area contributed by atoms with Crippen LogP contribution in [0, 0.1) is 0 Å². The smallest absolute Gasteiger partial charge is 0.330 e. The average Bonchev–Trinajstić information content (AvgIpc) is 3.15. The topological polar surface area (TPSA) is 48.6 Å². The van der Waals surface area contributed by atoms with Gasteiger partial charge in [0.25, 0.3) is 0 Å². The number of aryl methyl sites for hydroxylation is 1. The van der Waals surface area contributed by atoms with Crippen LogP contribution in [0.1, 0.15) is 23.0 Å². The zero-order chi connectivity index (χ0) is 18.4. The van der Waals surface area contributed by atoms with Gasteiger partial charge in [-0.2, -0.15) is 0 Å². The van der Waals surface area contributed by atoms with Gasteiger partial charge in [0.1, 0.15) is 19.8 Å². The summed E-state index contributed by atoms with van der Waals surface area (Å²) in [6.07, 6.45) is 8.60. The van der Waals surface area contributed by atoms with E-state index in [2.05, 4.69) is 30.9 Å². The van der Waals surface area contributed by atoms with Crippen LogP contribution in [0.3, 0.4) is 0 Å². The fourth-order valence-electron chi connectivity index (χ4n) is 2.52. The van der Waals surface area contributed by atoms with Crippen molar-refractivity contribution in [1.82, 2.24) is 0 Å². The van der Waals surface area contributed by atoms with Crippen LogP contribution in [-0.2, 0) is 26.1 Å². The first-order valence-corrected chi connectivity index (χ1v) is 8.43. The van der Waals surface area contributed by atoms with E-state index in [-0.39, 0.29) is 12.7 Å². The Balaban J connectivity index is 1.55. The van der Waals surface area contributed by atoms with Crippen LogP contribution in [0.5, 0.6) is 0 Å². The molecule has 1 saturated heterocycles.